The lowest BCUT2D eigenvalue weighted by atomic mass is 9.88. The van der Waals surface area contributed by atoms with Crippen LogP contribution in [0.25, 0.3) is 0 Å². The fraction of sp³-hybridized carbons (Fsp3) is 0.769. The second-order valence-electron chi connectivity index (χ2n) is 9.69. The predicted octanol–water partition coefficient (Wildman–Crippen LogP) is 5.31. The summed E-state index contributed by atoms with van der Waals surface area (Å²) in [4.78, 5) is 5.36. The molecule has 1 aromatic rings. The van der Waals surface area contributed by atoms with Crippen molar-refractivity contribution in [2.24, 2.45) is 5.92 Å². The van der Waals surface area contributed by atoms with Crippen LogP contribution in [0.3, 0.4) is 0 Å². The Bertz CT molecular complexity index is 605. The van der Waals surface area contributed by atoms with E-state index in [-0.39, 0.29) is 0 Å². The Morgan fingerprint density at radius 3 is 2.41 bits per heavy atom. The second-order valence-corrected chi connectivity index (χ2v) is 9.69. The van der Waals surface area contributed by atoms with Crippen LogP contribution >= 0.6 is 0 Å². The zero-order chi connectivity index (χ0) is 19.7. The molecule has 0 atom stereocenters. The Labute approximate surface area is 178 Å². The van der Waals surface area contributed by atoms with Crippen LogP contribution < -0.4 is 4.74 Å². The summed E-state index contributed by atoms with van der Waals surface area (Å²) < 4.78 is 6.12. The highest BCUT2D eigenvalue weighted by molar-refractivity contribution is 5.36. The molecule has 1 aliphatic carbocycles. The van der Waals surface area contributed by atoms with Crippen molar-refractivity contribution in [1.82, 2.24) is 9.80 Å². The molecule has 4 rings (SSSR count). The summed E-state index contributed by atoms with van der Waals surface area (Å²) in [6.45, 7) is 8.48. The van der Waals surface area contributed by atoms with Crippen molar-refractivity contribution in [3.05, 3.63) is 29.3 Å². The number of aryl methyl sites for hydroxylation is 1. The van der Waals surface area contributed by atoms with E-state index in [0.717, 1.165) is 24.7 Å². The van der Waals surface area contributed by atoms with Gasteiger partial charge in [0.25, 0.3) is 0 Å². The number of ether oxygens (including phenoxy) is 1. The molecule has 3 aliphatic rings. The molecule has 0 amide bonds. The number of nitrogens with zero attached hydrogens (tertiary/aromatic N) is 2. The van der Waals surface area contributed by atoms with Crippen molar-refractivity contribution in [3.63, 3.8) is 0 Å². The summed E-state index contributed by atoms with van der Waals surface area (Å²) in [7, 11) is 0. The minimum absolute atomic E-state index is 0.852. The molecule has 0 radical (unpaired) electrons. The molecule has 1 aromatic carbocycles. The van der Waals surface area contributed by atoms with Gasteiger partial charge in [0.05, 0.1) is 6.61 Å². The highest BCUT2D eigenvalue weighted by Gasteiger charge is 2.19. The third-order valence-electron chi connectivity index (χ3n) is 7.37. The van der Waals surface area contributed by atoms with Gasteiger partial charge in [-0.2, -0.15) is 0 Å². The van der Waals surface area contributed by atoms with Gasteiger partial charge >= 0.3 is 0 Å². The average Bonchev–Trinajstić information content (AvgIpc) is 2.75. The van der Waals surface area contributed by atoms with Gasteiger partial charge in [-0.25, -0.2) is 0 Å². The SMILES string of the molecule is c1cc2c(cc1OCCCN1CCCCC1)CCCN(CC1CCCCC1)CC2. The van der Waals surface area contributed by atoms with E-state index < -0.39 is 0 Å². The molecule has 1 saturated carbocycles. The molecule has 2 aliphatic heterocycles. The van der Waals surface area contributed by atoms with Crippen LogP contribution in [0.4, 0.5) is 0 Å². The molecule has 29 heavy (non-hydrogen) atoms. The summed E-state index contributed by atoms with van der Waals surface area (Å²) in [5.41, 5.74) is 3.09. The van der Waals surface area contributed by atoms with Crippen LogP contribution in [0.5, 0.6) is 5.75 Å². The molecule has 3 nitrogen and oxygen atoms in total. The maximum absolute atomic E-state index is 6.12. The zero-order valence-corrected chi connectivity index (χ0v) is 18.5. The summed E-state index contributed by atoms with van der Waals surface area (Å²) in [5, 5.41) is 0. The number of rotatable bonds is 7. The van der Waals surface area contributed by atoms with E-state index in [4.69, 9.17) is 4.74 Å². The van der Waals surface area contributed by atoms with Crippen LogP contribution in [-0.4, -0.2) is 55.7 Å². The molecule has 0 bridgehead atoms. The van der Waals surface area contributed by atoms with Gasteiger partial charge in [0.1, 0.15) is 5.75 Å². The Hall–Kier alpha value is -1.06. The topological polar surface area (TPSA) is 15.7 Å². The van der Waals surface area contributed by atoms with Crippen LogP contribution in [0.1, 0.15) is 75.3 Å². The third kappa shape index (κ3) is 6.72. The minimum Gasteiger partial charge on any atom is -0.494 e. The molecule has 0 unspecified atom stereocenters. The maximum atomic E-state index is 6.12. The Morgan fingerprint density at radius 2 is 1.55 bits per heavy atom. The predicted molar refractivity (Wildman–Crippen MR) is 122 cm³/mol. The number of piperidine rings is 1. The number of benzene rings is 1. The van der Waals surface area contributed by atoms with Crippen molar-refractivity contribution >= 4 is 0 Å². The number of hydrogen-bond donors (Lipinski definition) is 0. The molecular weight excluding hydrogens is 356 g/mol. The maximum Gasteiger partial charge on any atom is 0.119 e. The van der Waals surface area contributed by atoms with Crippen LogP contribution in [0.2, 0.25) is 0 Å². The van der Waals surface area contributed by atoms with Gasteiger partial charge in [-0.15, -0.1) is 0 Å². The Morgan fingerprint density at radius 1 is 0.759 bits per heavy atom. The minimum atomic E-state index is 0.852. The Balaban J connectivity index is 1.22. The molecule has 1 saturated heterocycles. The second kappa shape index (κ2) is 11.4. The van der Waals surface area contributed by atoms with Gasteiger partial charge in [0, 0.05) is 19.6 Å². The van der Waals surface area contributed by atoms with Crippen LogP contribution in [0.15, 0.2) is 18.2 Å². The fourth-order valence-electron chi connectivity index (χ4n) is 5.63. The van der Waals surface area contributed by atoms with Crippen molar-refractivity contribution in [1.29, 1.82) is 0 Å². The monoisotopic (exact) mass is 398 g/mol. The fourth-order valence-corrected chi connectivity index (χ4v) is 5.63. The average molecular weight is 399 g/mol. The van der Waals surface area contributed by atoms with Gasteiger partial charge in [0.2, 0.25) is 0 Å². The van der Waals surface area contributed by atoms with Crippen molar-refractivity contribution in [3.8, 4) is 5.75 Å². The lowest BCUT2D eigenvalue weighted by Crippen LogP contribution is -2.34. The van der Waals surface area contributed by atoms with E-state index in [9.17, 15) is 0 Å². The number of hydrogen-bond acceptors (Lipinski definition) is 3. The van der Waals surface area contributed by atoms with Gasteiger partial charge in [0.15, 0.2) is 0 Å². The van der Waals surface area contributed by atoms with Gasteiger partial charge in [-0.1, -0.05) is 31.7 Å². The first-order chi connectivity index (χ1) is 14.4. The van der Waals surface area contributed by atoms with Gasteiger partial charge in [-0.3, -0.25) is 0 Å². The van der Waals surface area contributed by atoms with E-state index >= 15 is 0 Å². The number of fused-ring (bicyclic) bond motifs is 1. The lowest BCUT2D eigenvalue weighted by Gasteiger charge is -2.31. The lowest BCUT2D eigenvalue weighted by molar-refractivity contribution is 0.198. The smallest absolute Gasteiger partial charge is 0.119 e. The summed E-state index contributed by atoms with van der Waals surface area (Å²) in [5.74, 6) is 2.05. The van der Waals surface area contributed by atoms with E-state index in [1.54, 1.807) is 5.56 Å². The molecule has 2 heterocycles. The normalized spacial score (nSPS) is 22.6. The summed E-state index contributed by atoms with van der Waals surface area (Å²) in [6, 6.07) is 6.90. The van der Waals surface area contributed by atoms with E-state index in [1.807, 2.05) is 0 Å². The molecule has 3 heteroatoms. The summed E-state index contributed by atoms with van der Waals surface area (Å²) >= 11 is 0. The summed E-state index contributed by atoms with van der Waals surface area (Å²) in [6.07, 6.45) is 16.3. The molecule has 162 valence electrons. The zero-order valence-electron chi connectivity index (χ0n) is 18.5. The van der Waals surface area contributed by atoms with Crippen molar-refractivity contribution < 1.29 is 4.74 Å². The highest BCUT2D eigenvalue weighted by Crippen LogP contribution is 2.26. The van der Waals surface area contributed by atoms with Crippen LogP contribution in [-0.2, 0) is 12.8 Å². The first-order valence-electron chi connectivity index (χ1n) is 12.6. The first kappa shape index (κ1) is 21.2. The largest absolute Gasteiger partial charge is 0.494 e. The molecular formula is C26H42N2O. The van der Waals surface area contributed by atoms with Crippen molar-refractivity contribution in [2.45, 2.75) is 77.0 Å². The van der Waals surface area contributed by atoms with E-state index in [2.05, 4.69) is 28.0 Å². The number of likely N-dealkylation sites (tertiary alicyclic amines) is 1. The standard InChI is InChI=1S/C26H42N2O/c1-3-9-23(10-4-1)22-28-17-7-11-25-21-26(13-12-24(25)14-19-28)29-20-8-18-27-15-5-2-6-16-27/h12-13,21,23H,1-11,14-20,22H2. The van der Waals surface area contributed by atoms with E-state index in [1.165, 1.54) is 115 Å². The van der Waals surface area contributed by atoms with Gasteiger partial charge < -0.3 is 14.5 Å². The first-order valence-corrected chi connectivity index (χ1v) is 12.6. The van der Waals surface area contributed by atoms with E-state index in [0.29, 0.717) is 0 Å². The van der Waals surface area contributed by atoms with Gasteiger partial charge in [-0.05, 0) is 100 Å². The Kier molecular flexibility index (Phi) is 8.30. The van der Waals surface area contributed by atoms with Crippen LogP contribution in [0, 0.1) is 5.92 Å². The third-order valence-corrected chi connectivity index (χ3v) is 7.37. The molecule has 0 aromatic heterocycles. The quantitative estimate of drug-likeness (QED) is 0.579. The van der Waals surface area contributed by atoms with Crippen molar-refractivity contribution in [2.75, 3.05) is 45.9 Å². The highest BCUT2D eigenvalue weighted by atomic mass is 16.5. The molecule has 2 fully saturated rings. The molecule has 0 N–H and O–H groups in total. The molecule has 0 spiro atoms.